The molecule has 0 aliphatic heterocycles. The molecule has 0 aromatic heterocycles. The monoisotopic (exact) mass is 849 g/mol. The van der Waals surface area contributed by atoms with Gasteiger partial charge in [-0.05, 0) is 187 Å². The standard InChI is InChI=1S/C60H100Si/c1-37-23-49-47(41-29-43(57(9,10)11)33-44(30-41)58(12,13)14)25-39(35-55(3,4)5)27-51(49)53(37)61(21,22)54-38(2)24-50-48(26-40(28-52(50)54)36-56(6,7)8)42-31-45(59(15,16)17)34-46(32-42)60(18,19)20/h29-34,37-40,47-54H,23-28,35-36H2,1-22H3. The molecule has 0 radical (unpaired) electrons. The maximum atomic E-state index is 2.97. The molecule has 12 unspecified atom stereocenters. The van der Waals surface area contributed by atoms with Crippen molar-refractivity contribution in [1.29, 1.82) is 0 Å². The SMILES string of the molecule is CC1CC2C(c3cc(C(C)(C)C)cc(C(C)(C)C)c3)CC(CC(C)(C)C)CC2C1[Si](C)(C)C1C(C)CC2C(c3cc(C(C)(C)C)cc(C(C)(C)C)c3)CC(CC(C)(C)C)CC21. The summed E-state index contributed by atoms with van der Waals surface area (Å²) in [4.78, 5) is 0. The minimum atomic E-state index is -1.78. The highest BCUT2D eigenvalue weighted by Crippen LogP contribution is 2.69. The molecule has 6 rings (SSSR count). The highest BCUT2D eigenvalue weighted by Gasteiger charge is 2.61. The van der Waals surface area contributed by atoms with Gasteiger partial charge in [-0.1, -0.05) is 188 Å². The summed E-state index contributed by atoms with van der Waals surface area (Å²) in [7, 11) is -1.78. The number of hydrogen-bond donors (Lipinski definition) is 0. The van der Waals surface area contributed by atoms with E-state index in [0.717, 1.165) is 58.4 Å². The molecule has 0 amide bonds. The first-order chi connectivity index (χ1) is 27.5. The first-order valence-corrected chi connectivity index (χ1v) is 29.0. The van der Waals surface area contributed by atoms with Gasteiger partial charge in [-0.3, -0.25) is 0 Å². The summed E-state index contributed by atoms with van der Waals surface area (Å²) in [5.74, 6) is 8.03. The Bertz CT molecular complexity index is 1630. The molecule has 0 spiro atoms. The largest absolute Gasteiger partial charge is 0.0689 e. The van der Waals surface area contributed by atoms with Crippen molar-refractivity contribution < 1.29 is 0 Å². The molecule has 0 N–H and O–H groups in total. The molecule has 4 aliphatic rings. The van der Waals surface area contributed by atoms with E-state index >= 15 is 0 Å². The normalized spacial score (nSPS) is 33.1. The van der Waals surface area contributed by atoms with Crippen molar-refractivity contribution >= 4 is 8.07 Å². The van der Waals surface area contributed by atoms with Gasteiger partial charge in [0.2, 0.25) is 0 Å². The van der Waals surface area contributed by atoms with Crippen molar-refractivity contribution in [2.75, 3.05) is 0 Å². The quantitative estimate of drug-likeness (QED) is 0.254. The Labute approximate surface area is 381 Å². The summed E-state index contributed by atoms with van der Waals surface area (Å²) < 4.78 is 0. The van der Waals surface area contributed by atoms with Crippen LogP contribution in [0.1, 0.15) is 235 Å². The first-order valence-electron chi connectivity index (χ1n) is 25.9. The van der Waals surface area contributed by atoms with Gasteiger partial charge < -0.3 is 0 Å². The predicted molar refractivity (Wildman–Crippen MR) is 273 cm³/mol. The topological polar surface area (TPSA) is 0 Å². The van der Waals surface area contributed by atoms with Crippen molar-refractivity contribution in [1.82, 2.24) is 0 Å². The molecule has 0 saturated heterocycles. The molecule has 2 aromatic carbocycles. The summed E-state index contributed by atoms with van der Waals surface area (Å²) in [6.45, 7) is 55.9. The highest BCUT2D eigenvalue weighted by atomic mass is 28.3. The molecule has 2 aromatic rings. The van der Waals surface area contributed by atoms with Crippen molar-refractivity contribution in [2.45, 2.75) is 248 Å². The van der Waals surface area contributed by atoms with E-state index in [0.29, 0.717) is 22.7 Å². The molecular formula is C60H100Si. The highest BCUT2D eigenvalue weighted by molar-refractivity contribution is 6.80. The lowest BCUT2D eigenvalue weighted by Gasteiger charge is -2.51. The van der Waals surface area contributed by atoms with Crippen LogP contribution in [0.2, 0.25) is 24.2 Å². The van der Waals surface area contributed by atoms with Crippen LogP contribution in [0.5, 0.6) is 0 Å². The Balaban J connectivity index is 1.43. The average molecular weight is 850 g/mol. The van der Waals surface area contributed by atoms with Crippen LogP contribution in [0.4, 0.5) is 0 Å². The van der Waals surface area contributed by atoms with Gasteiger partial charge in [0.25, 0.3) is 0 Å². The molecule has 61 heavy (non-hydrogen) atoms. The molecule has 1 heteroatoms. The zero-order chi connectivity index (χ0) is 45.8. The first kappa shape index (κ1) is 49.1. The predicted octanol–water partition coefficient (Wildman–Crippen LogP) is 18.4. The minimum Gasteiger partial charge on any atom is -0.0689 e. The Morgan fingerprint density at radius 1 is 0.393 bits per heavy atom. The van der Waals surface area contributed by atoms with Crippen LogP contribution in [-0.4, -0.2) is 8.07 Å². The van der Waals surface area contributed by atoms with Gasteiger partial charge in [0, 0.05) is 0 Å². The van der Waals surface area contributed by atoms with E-state index in [-0.39, 0.29) is 21.7 Å². The van der Waals surface area contributed by atoms with Crippen LogP contribution < -0.4 is 0 Å². The van der Waals surface area contributed by atoms with E-state index in [1.54, 1.807) is 33.4 Å². The average Bonchev–Trinajstić information content (AvgIpc) is 3.60. The van der Waals surface area contributed by atoms with E-state index < -0.39 is 8.07 Å². The Kier molecular flexibility index (Phi) is 13.3. The van der Waals surface area contributed by atoms with Gasteiger partial charge in [0.15, 0.2) is 0 Å². The third kappa shape index (κ3) is 10.7. The fourth-order valence-electron chi connectivity index (χ4n) is 15.6. The second kappa shape index (κ2) is 16.5. The van der Waals surface area contributed by atoms with Crippen LogP contribution in [-0.2, 0) is 21.7 Å². The maximum Gasteiger partial charge on any atom is 0.0546 e. The zero-order valence-electron chi connectivity index (χ0n) is 44.5. The summed E-state index contributed by atoms with van der Waals surface area (Å²) in [6.07, 6.45) is 11.4. The molecule has 0 bridgehead atoms. The van der Waals surface area contributed by atoms with Crippen molar-refractivity contribution in [2.24, 2.45) is 58.2 Å². The van der Waals surface area contributed by atoms with Gasteiger partial charge in [-0.15, -0.1) is 0 Å². The van der Waals surface area contributed by atoms with Gasteiger partial charge in [0.05, 0.1) is 8.07 Å². The number of rotatable bonds is 6. The van der Waals surface area contributed by atoms with Crippen LogP contribution in [0.3, 0.4) is 0 Å². The van der Waals surface area contributed by atoms with E-state index in [1.165, 1.54) is 51.4 Å². The second-order valence-corrected chi connectivity index (χ2v) is 35.0. The molecule has 4 saturated carbocycles. The van der Waals surface area contributed by atoms with E-state index in [4.69, 9.17) is 0 Å². The van der Waals surface area contributed by atoms with Crippen molar-refractivity contribution in [3.05, 3.63) is 69.8 Å². The Hall–Kier alpha value is -1.34. The van der Waals surface area contributed by atoms with Crippen molar-refractivity contribution in [3.63, 3.8) is 0 Å². The van der Waals surface area contributed by atoms with Gasteiger partial charge in [0.1, 0.15) is 0 Å². The van der Waals surface area contributed by atoms with E-state index in [9.17, 15) is 0 Å². The van der Waals surface area contributed by atoms with Crippen LogP contribution in [0.15, 0.2) is 36.4 Å². The lowest BCUT2D eigenvalue weighted by molar-refractivity contribution is 0.132. The Morgan fingerprint density at radius 3 is 0.918 bits per heavy atom. The van der Waals surface area contributed by atoms with E-state index in [2.05, 4.69) is 188 Å². The molecular weight excluding hydrogens is 749 g/mol. The summed E-state index contributed by atoms with van der Waals surface area (Å²) in [6, 6.07) is 16.0. The summed E-state index contributed by atoms with van der Waals surface area (Å²) in [5.41, 5.74) is 12.7. The summed E-state index contributed by atoms with van der Waals surface area (Å²) in [5, 5.41) is 0. The lowest BCUT2D eigenvalue weighted by Crippen LogP contribution is -2.48. The lowest BCUT2D eigenvalue weighted by atomic mass is 9.63. The van der Waals surface area contributed by atoms with Crippen LogP contribution in [0, 0.1) is 58.2 Å². The smallest absolute Gasteiger partial charge is 0.0546 e. The van der Waals surface area contributed by atoms with Crippen LogP contribution in [0.25, 0.3) is 0 Å². The third-order valence-electron chi connectivity index (χ3n) is 17.7. The van der Waals surface area contributed by atoms with Gasteiger partial charge in [-0.25, -0.2) is 0 Å². The van der Waals surface area contributed by atoms with Crippen molar-refractivity contribution in [3.8, 4) is 0 Å². The maximum absolute atomic E-state index is 2.97. The Morgan fingerprint density at radius 2 is 0.672 bits per heavy atom. The van der Waals surface area contributed by atoms with E-state index in [1.807, 2.05) is 0 Å². The molecule has 344 valence electrons. The second-order valence-electron chi connectivity index (χ2n) is 30.1. The third-order valence-corrected chi connectivity index (χ3v) is 23.1. The molecule has 12 atom stereocenters. The number of benzene rings is 2. The fraction of sp³-hybridized carbons (Fsp3) is 0.800. The van der Waals surface area contributed by atoms with Gasteiger partial charge >= 0.3 is 0 Å². The minimum absolute atomic E-state index is 0.148. The molecule has 0 nitrogen and oxygen atoms in total. The molecule has 0 heterocycles. The fourth-order valence-corrected chi connectivity index (χ4v) is 22.2. The summed E-state index contributed by atoms with van der Waals surface area (Å²) >= 11 is 0. The molecule has 4 aliphatic carbocycles. The zero-order valence-corrected chi connectivity index (χ0v) is 45.5. The van der Waals surface area contributed by atoms with Crippen LogP contribution >= 0.6 is 0 Å². The molecule has 4 fully saturated rings. The number of hydrogen-bond acceptors (Lipinski definition) is 0. The number of fused-ring (bicyclic) bond motifs is 2. The van der Waals surface area contributed by atoms with Gasteiger partial charge in [-0.2, -0.15) is 0 Å².